The normalized spacial score (nSPS) is 16.0. The van der Waals surface area contributed by atoms with Crippen molar-refractivity contribution in [2.24, 2.45) is 11.1 Å². The van der Waals surface area contributed by atoms with Crippen LogP contribution in [-0.2, 0) is 6.54 Å². The highest BCUT2D eigenvalue weighted by atomic mass is 15.2. The standard InChI is InChI=1S/C17H28N2/c1-17(2,14-18)11-6-12-19(16-9-10-16)13-15-7-4-3-5-8-15/h3-5,7-8,16H,6,9-14,18H2,1-2H3. The van der Waals surface area contributed by atoms with Crippen molar-refractivity contribution in [3.05, 3.63) is 35.9 Å². The van der Waals surface area contributed by atoms with Crippen LogP contribution in [0.4, 0.5) is 0 Å². The molecule has 0 amide bonds. The summed E-state index contributed by atoms with van der Waals surface area (Å²) in [4.78, 5) is 2.65. The molecule has 0 radical (unpaired) electrons. The van der Waals surface area contributed by atoms with Gasteiger partial charge in [0.05, 0.1) is 0 Å². The maximum absolute atomic E-state index is 5.81. The Morgan fingerprint density at radius 1 is 1.21 bits per heavy atom. The summed E-state index contributed by atoms with van der Waals surface area (Å²) in [6.07, 6.45) is 5.25. The van der Waals surface area contributed by atoms with Crippen molar-refractivity contribution in [2.75, 3.05) is 13.1 Å². The fourth-order valence-electron chi connectivity index (χ4n) is 2.51. The minimum absolute atomic E-state index is 0.294. The van der Waals surface area contributed by atoms with Gasteiger partial charge in [0.25, 0.3) is 0 Å². The van der Waals surface area contributed by atoms with E-state index in [9.17, 15) is 0 Å². The van der Waals surface area contributed by atoms with Crippen LogP contribution in [-0.4, -0.2) is 24.0 Å². The van der Waals surface area contributed by atoms with Crippen LogP contribution >= 0.6 is 0 Å². The van der Waals surface area contributed by atoms with Crippen LogP contribution in [0, 0.1) is 5.41 Å². The van der Waals surface area contributed by atoms with E-state index in [1.807, 2.05) is 0 Å². The third kappa shape index (κ3) is 4.96. The van der Waals surface area contributed by atoms with E-state index in [1.165, 1.54) is 37.8 Å². The van der Waals surface area contributed by atoms with Crippen molar-refractivity contribution in [2.45, 2.75) is 52.1 Å². The molecular formula is C17H28N2. The number of hydrogen-bond donors (Lipinski definition) is 1. The highest BCUT2D eigenvalue weighted by molar-refractivity contribution is 5.14. The van der Waals surface area contributed by atoms with Crippen LogP contribution in [0.2, 0.25) is 0 Å². The van der Waals surface area contributed by atoms with E-state index in [1.54, 1.807) is 0 Å². The van der Waals surface area contributed by atoms with Gasteiger partial charge in [0.15, 0.2) is 0 Å². The summed E-state index contributed by atoms with van der Waals surface area (Å²) in [5.41, 5.74) is 7.54. The van der Waals surface area contributed by atoms with Crippen LogP contribution in [0.5, 0.6) is 0 Å². The minimum atomic E-state index is 0.294. The Kier molecular flexibility index (Phi) is 5.00. The molecule has 1 saturated carbocycles. The van der Waals surface area contributed by atoms with Crippen molar-refractivity contribution in [3.8, 4) is 0 Å². The van der Waals surface area contributed by atoms with Gasteiger partial charge >= 0.3 is 0 Å². The van der Waals surface area contributed by atoms with Crippen LogP contribution in [0.25, 0.3) is 0 Å². The molecule has 1 aromatic carbocycles. The molecule has 0 spiro atoms. The predicted molar refractivity (Wildman–Crippen MR) is 81.9 cm³/mol. The topological polar surface area (TPSA) is 29.3 Å². The molecule has 0 bridgehead atoms. The Bertz CT molecular complexity index is 368. The van der Waals surface area contributed by atoms with Gasteiger partial charge in [-0.15, -0.1) is 0 Å². The summed E-state index contributed by atoms with van der Waals surface area (Å²) in [7, 11) is 0. The minimum Gasteiger partial charge on any atom is -0.330 e. The molecule has 2 N–H and O–H groups in total. The molecule has 0 unspecified atom stereocenters. The molecule has 19 heavy (non-hydrogen) atoms. The van der Waals surface area contributed by atoms with E-state index in [4.69, 9.17) is 5.73 Å². The number of hydrogen-bond acceptors (Lipinski definition) is 2. The summed E-state index contributed by atoms with van der Waals surface area (Å²) in [5, 5.41) is 0. The Hall–Kier alpha value is -0.860. The molecule has 2 nitrogen and oxygen atoms in total. The van der Waals surface area contributed by atoms with Gasteiger partial charge in [-0.2, -0.15) is 0 Å². The number of nitrogens with zero attached hydrogens (tertiary/aromatic N) is 1. The highest BCUT2D eigenvalue weighted by Gasteiger charge is 2.28. The van der Waals surface area contributed by atoms with Gasteiger partial charge in [0.1, 0.15) is 0 Å². The molecule has 2 heteroatoms. The first-order valence-electron chi connectivity index (χ1n) is 7.59. The van der Waals surface area contributed by atoms with Gasteiger partial charge in [-0.3, -0.25) is 4.90 Å². The monoisotopic (exact) mass is 260 g/mol. The second-order valence-corrected chi connectivity index (χ2v) is 6.66. The third-order valence-electron chi connectivity index (χ3n) is 4.14. The van der Waals surface area contributed by atoms with Crippen molar-refractivity contribution >= 4 is 0 Å². The van der Waals surface area contributed by atoms with Crippen LogP contribution in [0.1, 0.15) is 45.1 Å². The smallest absolute Gasteiger partial charge is 0.0236 e. The lowest BCUT2D eigenvalue weighted by Crippen LogP contribution is -2.29. The van der Waals surface area contributed by atoms with E-state index in [2.05, 4.69) is 49.1 Å². The van der Waals surface area contributed by atoms with Gasteiger partial charge in [0, 0.05) is 12.6 Å². The number of nitrogens with two attached hydrogens (primary N) is 1. The highest BCUT2D eigenvalue weighted by Crippen LogP contribution is 2.29. The summed E-state index contributed by atoms with van der Waals surface area (Å²) in [5.74, 6) is 0. The average molecular weight is 260 g/mol. The lowest BCUT2D eigenvalue weighted by atomic mass is 9.88. The maximum Gasteiger partial charge on any atom is 0.0236 e. The molecule has 1 aromatic rings. The average Bonchev–Trinajstić information content (AvgIpc) is 3.23. The zero-order valence-corrected chi connectivity index (χ0v) is 12.4. The zero-order valence-electron chi connectivity index (χ0n) is 12.4. The molecule has 0 aliphatic heterocycles. The summed E-state index contributed by atoms with van der Waals surface area (Å²) in [6.45, 7) is 7.64. The van der Waals surface area contributed by atoms with Gasteiger partial charge in [-0.1, -0.05) is 44.2 Å². The second-order valence-electron chi connectivity index (χ2n) is 6.66. The van der Waals surface area contributed by atoms with Crippen molar-refractivity contribution in [3.63, 3.8) is 0 Å². The largest absolute Gasteiger partial charge is 0.330 e. The van der Waals surface area contributed by atoms with Gasteiger partial charge in [-0.05, 0) is 49.8 Å². The molecule has 1 aliphatic rings. The maximum atomic E-state index is 5.81. The Morgan fingerprint density at radius 3 is 2.47 bits per heavy atom. The predicted octanol–water partition coefficient (Wildman–Crippen LogP) is 3.42. The quantitative estimate of drug-likeness (QED) is 0.776. The molecular weight excluding hydrogens is 232 g/mol. The van der Waals surface area contributed by atoms with E-state index in [-0.39, 0.29) is 0 Å². The molecule has 0 saturated heterocycles. The van der Waals surface area contributed by atoms with Crippen molar-refractivity contribution in [1.29, 1.82) is 0 Å². The van der Waals surface area contributed by atoms with Crippen LogP contribution < -0.4 is 5.73 Å². The molecule has 1 aliphatic carbocycles. The summed E-state index contributed by atoms with van der Waals surface area (Å²) < 4.78 is 0. The lowest BCUT2D eigenvalue weighted by molar-refractivity contribution is 0.228. The molecule has 0 heterocycles. The van der Waals surface area contributed by atoms with E-state index >= 15 is 0 Å². The number of rotatable bonds is 8. The molecule has 106 valence electrons. The summed E-state index contributed by atoms with van der Waals surface area (Å²) >= 11 is 0. The van der Waals surface area contributed by atoms with Gasteiger partial charge in [0.2, 0.25) is 0 Å². The van der Waals surface area contributed by atoms with Gasteiger partial charge in [-0.25, -0.2) is 0 Å². The molecule has 2 rings (SSSR count). The van der Waals surface area contributed by atoms with Gasteiger partial charge < -0.3 is 5.73 Å². The lowest BCUT2D eigenvalue weighted by Gasteiger charge is -2.26. The Labute approximate surface area is 118 Å². The van der Waals surface area contributed by atoms with Crippen LogP contribution in [0.15, 0.2) is 30.3 Å². The van der Waals surface area contributed by atoms with Crippen molar-refractivity contribution < 1.29 is 0 Å². The molecule has 0 aromatic heterocycles. The first-order chi connectivity index (χ1) is 9.11. The van der Waals surface area contributed by atoms with E-state index in [0.29, 0.717) is 5.41 Å². The van der Waals surface area contributed by atoms with Crippen LogP contribution in [0.3, 0.4) is 0 Å². The zero-order chi connectivity index (χ0) is 13.7. The number of benzene rings is 1. The molecule has 1 fully saturated rings. The second kappa shape index (κ2) is 6.53. The van der Waals surface area contributed by atoms with E-state index in [0.717, 1.165) is 19.1 Å². The Balaban J connectivity index is 1.80. The van der Waals surface area contributed by atoms with Crippen molar-refractivity contribution in [1.82, 2.24) is 4.90 Å². The van der Waals surface area contributed by atoms with E-state index < -0.39 is 0 Å². The SMILES string of the molecule is CC(C)(CN)CCCN(Cc1ccccc1)C1CC1. The fourth-order valence-corrected chi connectivity index (χ4v) is 2.51. The Morgan fingerprint density at radius 2 is 1.89 bits per heavy atom. The third-order valence-corrected chi connectivity index (χ3v) is 4.14. The molecule has 0 atom stereocenters. The first-order valence-corrected chi connectivity index (χ1v) is 7.59. The fraction of sp³-hybridized carbons (Fsp3) is 0.647. The first kappa shape index (κ1) is 14.5. The summed E-state index contributed by atoms with van der Waals surface area (Å²) in [6, 6.07) is 11.7.